The second kappa shape index (κ2) is 5.72. The predicted molar refractivity (Wildman–Crippen MR) is 78.1 cm³/mol. The minimum absolute atomic E-state index is 0.113. The van der Waals surface area contributed by atoms with Crippen molar-refractivity contribution in [2.24, 2.45) is 0 Å². The van der Waals surface area contributed by atoms with E-state index >= 15 is 0 Å². The van der Waals surface area contributed by atoms with Crippen LogP contribution in [0.15, 0.2) is 33.8 Å². The van der Waals surface area contributed by atoms with E-state index in [2.05, 4.69) is 20.9 Å². The summed E-state index contributed by atoms with van der Waals surface area (Å²) in [6.07, 6.45) is 2.76. The Kier molecular flexibility index (Phi) is 4.20. The summed E-state index contributed by atoms with van der Waals surface area (Å²) in [5, 5.41) is 11.3. The van der Waals surface area contributed by atoms with Gasteiger partial charge in [0.1, 0.15) is 5.15 Å². The molecule has 2 aromatic heterocycles. The van der Waals surface area contributed by atoms with Gasteiger partial charge in [0.25, 0.3) is 11.2 Å². The normalized spacial score (nSPS) is 10.6. The first-order valence-corrected chi connectivity index (χ1v) is 6.71. The SMILES string of the molecule is Cc1c([N+](=O)[O-])cn(Cc2ccc(Cl)nc2)c(=O)c1Br. The Bertz CT molecular complexity index is 728. The zero-order chi connectivity index (χ0) is 14.9. The Labute approximate surface area is 127 Å². The van der Waals surface area contributed by atoms with Crippen LogP contribution in [-0.2, 0) is 6.54 Å². The average Bonchev–Trinajstić information content (AvgIpc) is 2.41. The van der Waals surface area contributed by atoms with Crippen molar-refractivity contribution in [3.8, 4) is 0 Å². The van der Waals surface area contributed by atoms with Crippen LogP contribution < -0.4 is 5.56 Å². The molecule has 0 aliphatic rings. The fourth-order valence-electron chi connectivity index (χ4n) is 1.70. The van der Waals surface area contributed by atoms with Crippen LogP contribution in [0.4, 0.5) is 5.69 Å². The molecule has 0 fully saturated rings. The molecule has 20 heavy (non-hydrogen) atoms. The van der Waals surface area contributed by atoms with E-state index in [9.17, 15) is 14.9 Å². The van der Waals surface area contributed by atoms with Crippen molar-refractivity contribution in [3.63, 3.8) is 0 Å². The van der Waals surface area contributed by atoms with E-state index < -0.39 is 4.92 Å². The van der Waals surface area contributed by atoms with Crippen molar-refractivity contribution in [3.05, 3.63) is 65.7 Å². The molecular weight excluding hydrogens is 350 g/mol. The molecule has 2 heterocycles. The minimum Gasteiger partial charge on any atom is -0.303 e. The number of aromatic nitrogens is 2. The van der Waals surface area contributed by atoms with Crippen molar-refractivity contribution in [1.82, 2.24) is 9.55 Å². The zero-order valence-corrected chi connectivity index (χ0v) is 12.7. The maximum Gasteiger partial charge on any atom is 0.289 e. The highest BCUT2D eigenvalue weighted by atomic mass is 79.9. The number of halogens is 2. The summed E-state index contributed by atoms with van der Waals surface area (Å²) >= 11 is 8.78. The Balaban J connectivity index is 2.49. The van der Waals surface area contributed by atoms with E-state index in [-0.39, 0.29) is 22.3 Å². The summed E-state index contributed by atoms with van der Waals surface area (Å²) in [6.45, 7) is 1.71. The molecule has 0 amide bonds. The van der Waals surface area contributed by atoms with Crippen molar-refractivity contribution < 1.29 is 4.92 Å². The van der Waals surface area contributed by atoms with Crippen LogP contribution in [0.25, 0.3) is 0 Å². The third-order valence-corrected chi connectivity index (χ3v) is 3.94. The van der Waals surface area contributed by atoms with Crippen molar-refractivity contribution in [2.45, 2.75) is 13.5 Å². The number of hydrogen-bond donors (Lipinski definition) is 0. The van der Waals surface area contributed by atoms with Crippen LogP contribution in [0, 0.1) is 17.0 Å². The molecule has 0 spiro atoms. The third-order valence-electron chi connectivity index (χ3n) is 2.78. The topological polar surface area (TPSA) is 78.0 Å². The number of hydrogen-bond acceptors (Lipinski definition) is 4. The molecule has 6 nitrogen and oxygen atoms in total. The van der Waals surface area contributed by atoms with E-state index in [1.807, 2.05) is 0 Å². The van der Waals surface area contributed by atoms with Gasteiger partial charge in [0.2, 0.25) is 0 Å². The molecular formula is C12H9BrClN3O3. The van der Waals surface area contributed by atoms with Gasteiger partial charge in [-0.2, -0.15) is 0 Å². The largest absolute Gasteiger partial charge is 0.303 e. The molecule has 0 aliphatic carbocycles. The number of nitro groups is 1. The molecule has 0 aromatic carbocycles. The lowest BCUT2D eigenvalue weighted by Crippen LogP contribution is -2.22. The first-order chi connectivity index (χ1) is 9.40. The van der Waals surface area contributed by atoms with Crippen LogP contribution in [-0.4, -0.2) is 14.5 Å². The van der Waals surface area contributed by atoms with Crippen molar-refractivity contribution in [1.29, 1.82) is 0 Å². The van der Waals surface area contributed by atoms with Crippen molar-refractivity contribution in [2.75, 3.05) is 0 Å². The molecule has 104 valence electrons. The van der Waals surface area contributed by atoms with Gasteiger partial charge in [-0.05, 0) is 34.5 Å². The first-order valence-electron chi connectivity index (χ1n) is 5.54. The Hall–Kier alpha value is -1.73. The van der Waals surface area contributed by atoms with Crippen LogP contribution in [0.5, 0.6) is 0 Å². The van der Waals surface area contributed by atoms with Gasteiger partial charge in [0.15, 0.2) is 0 Å². The van der Waals surface area contributed by atoms with Gasteiger partial charge in [-0.15, -0.1) is 0 Å². The van der Waals surface area contributed by atoms with Crippen LogP contribution >= 0.6 is 27.5 Å². The highest BCUT2D eigenvalue weighted by Gasteiger charge is 2.18. The monoisotopic (exact) mass is 357 g/mol. The van der Waals surface area contributed by atoms with Gasteiger partial charge in [0.05, 0.1) is 22.1 Å². The molecule has 0 unspecified atom stereocenters. The quantitative estimate of drug-likeness (QED) is 0.480. The first kappa shape index (κ1) is 14.7. The summed E-state index contributed by atoms with van der Waals surface area (Å²) in [7, 11) is 0. The molecule has 8 heteroatoms. The third kappa shape index (κ3) is 2.88. The summed E-state index contributed by atoms with van der Waals surface area (Å²) in [4.78, 5) is 26.4. The second-order valence-corrected chi connectivity index (χ2v) is 5.31. The molecule has 0 radical (unpaired) electrons. The van der Waals surface area contributed by atoms with Crippen LogP contribution in [0.1, 0.15) is 11.1 Å². The fraction of sp³-hybridized carbons (Fsp3) is 0.167. The van der Waals surface area contributed by atoms with Crippen LogP contribution in [0.3, 0.4) is 0 Å². The Morgan fingerprint density at radius 3 is 2.75 bits per heavy atom. The fourth-order valence-corrected chi connectivity index (χ4v) is 2.24. The highest BCUT2D eigenvalue weighted by molar-refractivity contribution is 9.10. The van der Waals surface area contributed by atoms with E-state index in [1.165, 1.54) is 23.9 Å². The molecule has 0 atom stereocenters. The second-order valence-electron chi connectivity index (χ2n) is 4.13. The van der Waals surface area contributed by atoms with Gasteiger partial charge in [-0.1, -0.05) is 17.7 Å². The van der Waals surface area contributed by atoms with Crippen LogP contribution in [0.2, 0.25) is 5.15 Å². The molecule has 0 bridgehead atoms. The summed E-state index contributed by atoms with van der Waals surface area (Å²) in [5.41, 5.74) is 0.591. The number of pyridine rings is 2. The standard InChI is InChI=1S/C12H9BrClN3O3/c1-7-9(17(19)20)6-16(12(18)11(7)13)5-8-2-3-10(14)15-4-8/h2-4,6H,5H2,1H3. The average molecular weight is 359 g/mol. The summed E-state index contributed by atoms with van der Waals surface area (Å²) < 4.78 is 1.45. The van der Waals surface area contributed by atoms with Gasteiger partial charge in [0, 0.05) is 11.8 Å². The van der Waals surface area contributed by atoms with Gasteiger partial charge in [-0.25, -0.2) is 4.98 Å². The van der Waals surface area contributed by atoms with Crippen molar-refractivity contribution >= 4 is 33.2 Å². The lowest BCUT2D eigenvalue weighted by atomic mass is 10.2. The maximum absolute atomic E-state index is 12.1. The summed E-state index contributed by atoms with van der Waals surface area (Å²) in [6, 6.07) is 3.31. The van der Waals surface area contributed by atoms with Gasteiger partial charge in [-0.3, -0.25) is 14.9 Å². The summed E-state index contributed by atoms with van der Waals surface area (Å²) in [5.74, 6) is 0. The van der Waals surface area contributed by atoms with E-state index in [1.54, 1.807) is 12.1 Å². The minimum atomic E-state index is -0.518. The van der Waals surface area contributed by atoms with E-state index in [0.717, 1.165) is 5.56 Å². The molecule has 2 rings (SSSR count). The van der Waals surface area contributed by atoms with Gasteiger partial charge >= 0.3 is 0 Å². The molecule has 0 N–H and O–H groups in total. The zero-order valence-electron chi connectivity index (χ0n) is 10.3. The smallest absolute Gasteiger partial charge is 0.289 e. The Morgan fingerprint density at radius 1 is 1.50 bits per heavy atom. The van der Waals surface area contributed by atoms with E-state index in [4.69, 9.17) is 11.6 Å². The lowest BCUT2D eigenvalue weighted by Gasteiger charge is -2.08. The molecule has 0 saturated heterocycles. The van der Waals surface area contributed by atoms with E-state index in [0.29, 0.717) is 10.7 Å². The molecule has 0 saturated carbocycles. The molecule has 2 aromatic rings. The van der Waals surface area contributed by atoms with Gasteiger partial charge < -0.3 is 4.57 Å². The number of rotatable bonds is 3. The lowest BCUT2D eigenvalue weighted by molar-refractivity contribution is -0.386. The molecule has 0 aliphatic heterocycles. The highest BCUT2D eigenvalue weighted by Crippen LogP contribution is 2.22. The predicted octanol–water partition coefficient (Wildman–Crippen LogP) is 2.92. The number of nitrogens with zero attached hydrogens (tertiary/aromatic N) is 3. The Morgan fingerprint density at radius 2 is 2.20 bits per heavy atom. The maximum atomic E-state index is 12.1.